The summed E-state index contributed by atoms with van der Waals surface area (Å²) < 4.78 is 2.25. The molecule has 0 saturated carbocycles. The molecule has 0 fully saturated rings. The average Bonchev–Trinajstić information content (AvgIpc) is 2.93. The van der Waals surface area contributed by atoms with Gasteiger partial charge in [0.05, 0.1) is 0 Å². The zero-order chi connectivity index (χ0) is 13.5. The lowest BCUT2D eigenvalue weighted by Gasteiger charge is -2.14. The largest absolute Gasteiger partial charge is 0.331 e. The van der Waals surface area contributed by atoms with Crippen molar-refractivity contribution in [2.75, 3.05) is 7.05 Å². The first kappa shape index (κ1) is 13.8. The first-order chi connectivity index (χ1) is 9.35. The van der Waals surface area contributed by atoms with Gasteiger partial charge in [0.1, 0.15) is 5.82 Å². The van der Waals surface area contributed by atoms with Crippen molar-refractivity contribution in [2.45, 2.75) is 38.8 Å². The number of rotatable bonds is 7. The van der Waals surface area contributed by atoms with E-state index in [-0.39, 0.29) is 0 Å². The van der Waals surface area contributed by atoms with E-state index in [0.717, 1.165) is 12.4 Å². The molecule has 0 saturated heterocycles. The van der Waals surface area contributed by atoms with Crippen molar-refractivity contribution in [3.8, 4) is 11.4 Å². The number of benzene rings is 1. The van der Waals surface area contributed by atoms with E-state index in [0.29, 0.717) is 6.04 Å². The van der Waals surface area contributed by atoms with Crippen molar-refractivity contribution >= 4 is 0 Å². The van der Waals surface area contributed by atoms with Gasteiger partial charge in [0.25, 0.3) is 0 Å². The van der Waals surface area contributed by atoms with Gasteiger partial charge >= 0.3 is 0 Å². The molecule has 0 aliphatic heterocycles. The molecule has 1 aromatic carbocycles. The Kier molecular flexibility index (Phi) is 5.16. The average molecular weight is 257 g/mol. The predicted octanol–water partition coefficient (Wildman–Crippen LogP) is 3.33. The lowest BCUT2D eigenvalue weighted by atomic mass is 10.1. The monoisotopic (exact) mass is 257 g/mol. The molecule has 1 heterocycles. The highest BCUT2D eigenvalue weighted by Gasteiger charge is 2.06. The minimum absolute atomic E-state index is 0.628. The predicted molar refractivity (Wildman–Crippen MR) is 80.0 cm³/mol. The summed E-state index contributed by atoms with van der Waals surface area (Å²) in [6, 6.07) is 11.0. The molecule has 1 atom stereocenters. The van der Waals surface area contributed by atoms with E-state index in [1.165, 1.54) is 24.8 Å². The van der Waals surface area contributed by atoms with Crippen LogP contribution in [0.4, 0.5) is 0 Å². The Balaban J connectivity index is 1.97. The minimum Gasteiger partial charge on any atom is -0.331 e. The van der Waals surface area contributed by atoms with Crippen LogP contribution in [0.3, 0.4) is 0 Å². The number of nitrogens with zero attached hydrogens (tertiary/aromatic N) is 2. The topological polar surface area (TPSA) is 29.9 Å². The van der Waals surface area contributed by atoms with Crippen LogP contribution in [0, 0.1) is 0 Å². The molecule has 1 N–H and O–H groups in total. The lowest BCUT2D eigenvalue weighted by Crippen LogP contribution is -2.24. The zero-order valence-corrected chi connectivity index (χ0v) is 11.8. The van der Waals surface area contributed by atoms with Crippen LogP contribution in [0.15, 0.2) is 42.7 Å². The molecule has 0 radical (unpaired) electrons. The number of aromatic nitrogens is 2. The van der Waals surface area contributed by atoms with E-state index in [1.807, 2.05) is 19.3 Å². The standard InChI is InChI=1S/C16H23N3/c1-3-15(17-2)10-7-12-19-13-11-18-16(19)14-8-5-4-6-9-14/h4-6,8-9,11,13,15,17H,3,7,10,12H2,1-2H3. The molecule has 1 unspecified atom stereocenters. The maximum absolute atomic E-state index is 4.47. The maximum Gasteiger partial charge on any atom is 0.139 e. The Morgan fingerprint density at radius 1 is 1.26 bits per heavy atom. The van der Waals surface area contributed by atoms with Gasteiger partial charge in [0.15, 0.2) is 0 Å². The molecule has 102 valence electrons. The van der Waals surface area contributed by atoms with E-state index >= 15 is 0 Å². The fourth-order valence-corrected chi connectivity index (χ4v) is 2.40. The summed E-state index contributed by atoms with van der Waals surface area (Å²) in [6.07, 6.45) is 7.53. The van der Waals surface area contributed by atoms with Gasteiger partial charge in [-0.2, -0.15) is 0 Å². The molecule has 0 aliphatic carbocycles. The minimum atomic E-state index is 0.628. The molecular formula is C16H23N3. The summed E-state index contributed by atoms with van der Waals surface area (Å²) in [4.78, 5) is 4.47. The third kappa shape index (κ3) is 3.67. The summed E-state index contributed by atoms with van der Waals surface area (Å²) in [6.45, 7) is 3.26. The van der Waals surface area contributed by atoms with Crippen molar-refractivity contribution in [1.82, 2.24) is 14.9 Å². The van der Waals surface area contributed by atoms with Gasteiger partial charge in [-0.1, -0.05) is 37.3 Å². The van der Waals surface area contributed by atoms with Crippen molar-refractivity contribution < 1.29 is 0 Å². The lowest BCUT2D eigenvalue weighted by molar-refractivity contribution is 0.469. The Labute approximate surface area is 115 Å². The SMILES string of the molecule is CCC(CCCn1ccnc1-c1ccccc1)NC. The molecule has 3 nitrogen and oxygen atoms in total. The molecule has 3 heteroatoms. The van der Waals surface area contributed by atoms with Gasteiger partial charge in [-0.05, 0) is 26.3 Å². The Hall–Kier alpha value is -1.61. The van der Waals surface area contributed by atoms with Crippen LogP contribution in [0.2, 0.25) is 0 Å². The van der Waals surface area contributed by atoms with Crippen molar-refractivity contribution in [3.05, 3.63) is 42.7 Å². The summed E-state index contributed by atoms with van der Waals surface area (Å²) in [5.41, 5.74) is 1.19. The Morgan fingerprint density at radius 3 is 2.74 bits per heavy atom. The quantitative estimate of drug-likeness (QED) is 0.824. The van der Waals surface area contributed by atoms with Gasteiger partial charge in [-0.3, -0.25) is 0 Å². The molecule has 19 heavy (non-hydrogen) atoms. The highest BCUT2D eigenvalue weighted by atomic mass is 15.1. The van der Waals surface area contributed by atoms with Gasteiger partial charge in [-0.25, -0.2) is 4.98 Å². The first-order valence-electron chi connectivity index (χ1n) is 7.09. The van der Waals surface area contributed by atoms with Gasteiger partial charge in [0, 0.05) is 30.5 Å². The molecule has 0 amide bonds. The first-order valence-corrected chi connectivity index (χ1v) is 7.09. The van der Waals surface area contributed by atoms with Crippen LogP contribution in [-0.2, 0) is 6.54 Å². The van der Waals surface area contributed by atoms with Crippen LogP contribution in [-0.4, -0.2) is 22.6 Å². The second-order valence-electron chi connectivity index (χ2n) is 4.85. The second kappa shape index (κ2) is 7.10. The fourth-order valence-electron chi connectivity index (χ4n) is 2.40. The highest BCUT2D eigenvalue weighted by molar-refractivity contribution is 5.54. The second-order valence-corrected chi connectivity index (χ2v) is 4.85. The molecule has 2 aromatic rings. The van der Waals surface area contributed by atoms with Crippen molar-refractivity contribution in [1.29, 1.82) is 0 Å². The van der Waals surface area contributed by atoms with E-state index in [4.69, 9.17) is 0 Å². The molecule has 2 rings (SSSR count). The van der Waals surface area contributed by atoms with Crippen LogP contribution in [0.5, 0.6) is 0 Å². The molecule has 0 aliphatic rings. The Morgan fingerprint density at radius 2 is 2.05 bits per heavy atom. The summed E-state index contributed by atoms with van der Waals surface area (Å²) in [5, 5.41) is 3.35. The fraction of sp³-hybridized carbons (Fsp3) is 0.438. The van der Waals surface area contributed by atoms with E-state index < -0.39 is 0 Å². The van der Waals surface area contributed by atoms with E-state index in [2.05, 4.69) is 52.3 Å². The molecule has 0 spiro atoms. The number of aryl methyl sites for hydroxylation is 1. The zero-order valence-electron chi connectivity index (χ0n) is 11.8. The van der Waals surface area contributed by atoms with Crippen molar-refractivity contribution in [3.63, 3.8) is 0 Å². The van der Waals surface area contributed by atoms with Gasteiger partial charge < -0.3 is 9.88 Å². The van der Waals surface area contributed by atoms with Crippen molar-refractivity contribution in [2.24, 2.45) is 0 Å². The van der Waals surface area contributed by atoms with Gasteiger partial charge in [-0.15, -0.1) is 0 Å². The Bertz CT molecular complexity index is 472. The number of imidazole rings is 1. The van der Waals surface area contributed by atoms with Crippen LogP contribution in [0.1, 0.15) is 26.2 Å². The maximum atomic E-state index is 4.47. The number of hydrogen-bond donors (Lipinski definition) is 1. The van der Waals surface area contributed by atoms with E-state index in [9.17, 15) is 0 Å². The number of hydrogen-bond acceptors (Lipinski definition) is 2. The van der Waals surface area contributed by atoms with Gasteiger partial charge in [0.2, 0.25) is 0 Å². The third-order valence-corrected chi connectivity index (χ3v) is 3.60. The summed E-state index contributed by atoms with van der Waals surface area (Å²) >= 11 is 0. The van der Waals surface area contributed by atoms with Crippen LogP contribution in [0.25, 0.3) is 11.4 Å². The smallest absolute Gasteiger partial charge is 0.139 e. The summed E-state index contributed by atoms with van der Waals surface area (Å²) in [7, 11) is 2.04. The normalized spacial score (nSPS) is 12.5. The number of nitrogens with one attached hydrogen (secondary N) is 1. The van der Waals surface area contributed by atoms with Crippen LogP contribution >= 0.6 is 0 Å². The highest BCUT2D eigenvalue weighted by Crippen LogP contribution is 2.17. The molecule has 0 bridgehead atoms. The van der Waals surface area contributed by atoms with Crippen LogP contribution < -0.4 is 5.32 Å². The third-order valence-electron chi connectivity index (χ3n) is 3.60. The van der Waals surface area contributed by atoms with E-state index in [1.54, 1.807) is 0 Å². The summed E-state index contributed by atoms with van der Waals surface area (Å²) in [5.74, 6) is 1.07. The molecular weight excluding hydrogens is 234 g/mol. The molecule has 1 aromatic heterocycles.